The molecular weight excluding hydrogens is 205 g/mol. The van der Waals surface area contributed by atoms with Crippen LogP contribution in [0.5, 0.6) is 0 Å². The van der Waals surface area contributed by atoms with Gasteiger partial charge in [-0.3, -0.25) is 4.79 Å². The van der Waals surface area contributed by atoms with Crippen LogP contribution in [0, 0.1) is 5.82 Å². The van der Waals surface area contributed by atoms with Crippen molar-refractivity contribution in [2.75, 3.05) is 0 Å². The number of nitrogens with two attached hydrogens (primary N) is 1. The quantitative estimate of drug-likeness (QED) is 0.838. The summed E-state index contributed by atoms with van der Waals surface area (Å²) in [5.41, 5.74) is 6.24. The maximum Gasteiger partial charge on any atom is 0.146 e. The molecule has 0 fully saturated rings. The van der Waals surface area contributed by atoms with E-state index >= 15 is 0 Å². The normalized spacial score (nSPS) is 12.6. The van der Waals surface area contributed by atoms with Crippen molar-refractivity contribution in [3.63, 3.8) is 0 Å². The molecule has 0 radical (unpaired) electrons. The lowest BCUT2D eigenvalue weighted by atomic mass is 10.0. The highest BCUT2D eigenvalue weighted by atomic mass is 35.5. The molecule has 1 rings (SSSR count). The van der Waals surface area contributed by atoms with Crippen LogP contribution < -0.4 is 5.73 Å². The largest absolute Gasteiger partial charge is 0.321 e. The Bertz CT molecular complexity index is 354. The van der Waals surface area contributed by atoms with Gasteiger partial charge in [0.2, 0.25) is 0 Å². The molecule has 0 aliphatic carbocycles. The predicted molar refractivity (Wildman–Crippen MR) is 53.8 cm³/mol. The highest BCUT2D eigenvalue weighted by Gasteiger charge is 2.11. The third-order valence-electron chi connectivity index (χ3n) is 1.98. The second-order valence-corrected chi connectivity index (χ2v) is 3.56. The van der Waals surface area contributed by atoms with E-state index in [1.54, 1.807) is 6.07 Å². The molecule has 0 saturated heterocycles. The Morgan fingerprint density at radius 1 is 1.64 bits per heavy atom. The number of hydrogen-bond acceptors (Lipinski definition) is 2. The van der Waals surface area contributed by atoms with Crippen molar-refractivity contribution >= 4 is 17.4 Å². The molecule has 0 saturated carbocycles. The summed E-state index contributed by atoms with van der Waals surface area (Å²) in [5.74, 6) is -0.500. The van der Waals surface area contributed by atoms with Crippen molar-refractivity contribution in [1.82, 2.24) is 0 Å². The van der Waals surface area contributed by atoms with E-state index in [-0.39, 0.29) is 5.78 Å². The van der Waals surface area contributed by atoms with Gasteiger partial charge < -0.3 is 5.73 Å². The molecule has 0 aliphatic rings. The molecule has 1 unspecified atom stereocenters. The summed E-state index contributed by atoms with van der Waals surface area (Å²) < 4.78 is 12.7. The Morgan fingerprint density at radius 3 is 2.79 bits per heavy atom. The molecule has 1 aromatic rings. The zero-order valence-corrected chi connectivity index (χ0v) is 8.51. The molecule has 76 valence electrons. The van der Waals surface area contributed by atoms with Gasteiger partial charge in [0.15, 0.2) is 0 Å². The average molecular weight is 216 g/mol. The molecule has 0 spiro atoms. The van der Waals surface area contributed by atoms with Crippen molar-refractivity contribution < 1.29 is 9.18 Å². The first-order valence-electron chi connectivity index (χ1n) is 4.20. The topological polar surface area (TPSA) is 43.1 Å². The minimum atomic E-state index is -0.571. The van der Waals surface area contributed by atoms with E-state index in [0.29, 0.717) is 17.0 Å². The fraction of sp³-hybridized carbons (Fsp3) is 0.300. The zero-order chi connectivity index (χ0) is 10.7. The van der Waals surface area contributed by atoms with Crippen LogP contribution in [-0.4, -0.2) is 11.8 Å². The van der Waals surface area contributed by atoms with Crippen LogP contribution in [0.15, 0.2) is 18.2 Å². The van der Waals surface area contributed by atoms with E-state index in [4.69, 9.17) is 17.3 Å². The molecular formula is C10H11ClFNO. The molecule has 2 nitrogen and oxygen atoms in total. The van der Waals surface area contributed by atoms with Gasteiger partial charge in [0, 0.05) is 5.02 Å². The van der Waals surface area contributed by atoms with Crippen LogP contribution in [0.1, 0.15) is 12.5 Å². The third kappa shape index (κ3) is 2.79. The van der Waals surface area contributed by atoms with Gasteiger partial charge in [0.1, 0.15) is 11.6 Å². The van der Waals surface area contributed by atoms with Crippen molar-refractivity contribution in [3.05, 3.63) is 34.6 Å². The SMILES string of the molecule is CC(=O)C(N)Cc1ccc(F)cc1Cl. The van der Waals surface area contributed by atoms with Gasteiger partial charge in [-0.15, -0.1) is 0 Å². The number of carbonyl (C=O) groups is 1. The van der Waals surface area contributed by atoms with E-state index in [9.17, 15) is 9.18 Å². The van der Waals surface area contributed by atoms with Crippen LogP contribution in [0.25, 0.3) is 0 Å². The summed E-state index contributed by atoms with van der Waals surface area (Å²) in [6.45, 7) is 1.42. The highest BCUT2D eigenvalue weighted by molar-refractivity contribution is 6.31. The van der Waals surface area contributed by atoms with Gasteiger partial charge in [0.25, 0.3) is 0 Å². The second-order valence-electron chi connectivity index (χ2n) is 3.16. The van der Waals surface area contributed by atoms with E-state index in [1.165, 1.54) is 19.1 Å². The van der Waals surface area contributed by atoms with E-state index in [2.05, 4.69) is 0 Å². The van der Waals surface area contributed by atoms with Crippen LogP contribution in [0.2, 0.25) is 5.02 Å². The van der Waals surface area contributed by atoms with Gasteiger partial charge in [-0.05, 0) is 31.0 Å². The highest BCUT2D eigenvalue weighted by Crippen LogP contribution is 2.18. The van der Waals surface area contributed by atoms with Crippen molar-refractivity contribution in [3.8, 4) is 0 Å². The number of benzene rings is 1. The maximum absolute atomic E-state index is 12.7. The van der Waals surface area contributed by atoms with E-state index in [1.807, 2.05) is 0 Å². The van der Waals surface area contributed by atoms with Crippen LogP contribution in [0.3, 0.4) is 0 Å². The standard InChI is InChI=1S/C10H11ClFNO/c1-6(14)10(13)4-7-2-3-8(12)5-9(7)11/h2-3,5,10H,4,13H2,1H3. The number of hydrogen-bond donors (Lipinski definition) is 1. The summed E-state index contributed by atoms with van der Waals surface area (Å²) in [6.07, 6.45) is 0.342. The van der Waals surface area contributed by atoms with Crippen molar-refractivity contribution in [2.24, 2.45) is 5.73 Å². The fourth-order valence-corrected chi connectivity index (χ4v) is 1.31. The summed E-state index contributed by atoms with van der Waals surface area (Å²) in [5, 5.41) is 0.307. The molecule has 0 heterocycles. The van der Waals surface area contributed by atoms with Crippen LogP contribution in [-0.2, 0) is 11.2 Å². The zero-order valence-electron chi connectivity index (χ0n) is 7.76. The molecule has 4 heteroatoms. The molecule has 2 N–H and O–H groups in total. The number of ketones is 1. The van der Waals surface area contributed by atoms with Gasteiger partial charge in [-0.25, -0.2) is 4.39 Å². The molecule has 0 aromatic heterocycles. The third-order valence-corrected chi connectivity index (χ3v) is 2.33. The molecule has 0 aliphatic heterocycles. The first kappa shape index (κ1) is 11.1. The summed E-state index contributed by atoms with van der Waals surface area (Å²) in [4.78, 5) is 10.9. The first-order chi connectivity index (χ1) is 6.50. The monoisotopic (exact) mass is 215 g/mol. The predicted octanol–water partition coefficient (Wildman–Crippen LogP) is 1.94. The Morgan fingerprint density at radius 2 is 2.29 bits per heavy atom. The number of halogens is 2. The molecule has 0 bridgehead atoms. The molecule has 14 heavy (non-hydrogen) atoms. The van der Waals surface area contributed by atoms with E-state index in [0.717, 1.165) is 0 Å². The van der Waals surface area contributed by atoms with Crippen molar-refractivity contribution in [2.45, 2.75) is 19.4 Å². The lowest BCUT2D eigenvalue weighted by Crippen LogP contribution is -2.30. The second kappa shape index (κ2) is 4.53. The van der Waals surface area contributed by atoms with Gasteiger partial charge in [-0.2, -0.15) is 0 Å². The summed E-state index contributed by atoms with van der Waals surface area (Å²) in [7, 11) is 0. The maximum atomic E-state index is 12.7. The van der Waals surface area contributed by atoms with E-state index < -0.39 is 11.9 Å². The molecule has 1 aromatic carbocycles. The van der Waals surface area contributed by atoms with Crippen LogP contribution in [0.4, 0.5) is 4.39 Å². The van der Waals surface area contributed by atoms with Gasteiger partial charge in [0.05, 0.1) is 6.04 Å². The molecule has 0 amide bonds. The lowest BCUT2D eigenvalue weighted by Gasteiger charge is -2.08. The minimum Gasteiger partial charge on any atom is -0.321 e. The summed E-state index contributed by atoms with van der Waals surface area (Å²) >= 11 is 5.77. The van der Waals surface area contributed by atoms with Gasteiger partial charge in [-0.1, -0.05) is 17.7 Å². The minimum absolute atomic E-state index is 0.106. The Labute approximate surface area is 86.9 Å². The number of carbonyl (C=O) groups excluding carboxylic acids is 1. The lowest BCUT2D eigenvalue weighted by molar-refractivity contribution is -0.118. The Kier molecular flexibility index (Phi) is 3.61. The van der Waals surface area contributed by atoms with Gasteiger partial charge >= 0.3 is 0 Å². The number of rotatable bonds is 3. The van der Waals surface area contributed by atoms with Crippen LogP contribution >= 0.6 is 11.6 Å². The average Bonchev–Trinajstić information content (AvgIpc) is 2.09. The molecule has 1 atom stereocenters. The number of Topliss-reactive ketones (excluding diaryl/α,β-unsaturated/α-hetero) is 1. The smallest absolute Gasteiger partial charge is 0.146 e. The Hall–Kier alpha value is -0.930. The fourth-order valence-electron chi connectivity index (χ4n) is 1.07. The summed E-state index contributed by atoms with van der Waals surface area (Å²) in [6, 6.07) is 3.48. The van der Waals surface area contributed by atoms with Crippen molar-refractivity contribution in [1.29, 1.82) is 0 Å². The Balaban J connectivity index is 2.82. The first-order valence-corrected chi connectivity index (χ1v) is 4.58.